The molecule has 1 aliphatic rings. The van der Waals surface area contributed by atoms with Crippen LogP contribution in [0.15, 0.2) is 28.8 Å². The first kappa shape index (κ1) is 13.9. The van der Waals surface area contributed by atoms with E-state index in [1.54, 1.807) is 0 Å². The van der Waals surface area contributed by atoms with Gasteiger partial charge in [0.2, 0.25) is 0 Å². The van der Waals surface area contributed by atoms with Gasteiger partial charge in [-0.2, -0.15) is 0 Å². The standard InChI is InChI=1S/C17H20N2O2/c1-11-6-8-14(9-7-11)17(20)19-10-4-5-15(19)16-12(2)18-21-13(16)3/h6-9,15H,4-5,10H2,1-3H3/t15-/m1/s1. The third-order valence-electron chi connectivity index (χ3n) is 4.23. The van der Waals surface area contributed by atoms with Crippen LogP contribution < -0.4 is 0 Å². The van der Waals surface area contributed by atoms with Gasteiger partial charge in [-0.3, -0.25) is 4.79 Å². The van der Waals surface area contributed by atoms with Gasteiger partial charge in [0.25, 0.3) is 5.91 Å². The summed E-state index contributed by atoms with van der Waals surface area (Å²) in [5, 5.41) is 4.03. The number of carbonyl (C=O) groups excluding carboxylic acids is 1. The van der Waals surface area contributed by atoms with Gasteiger partial charge in [-0.15, -0.1) is 0 Å². The van der Waals surface area contributed by atoms with E-state index in [-0.39, 0.29) is 11.9 Å². The monoisotopic (exact) mass is 284 g/mol. The molecule has 4 heteroatoms. The van der Waals surface area contributed by atoms with Gasteiger partial charge >= 0.3 is 0 Å². The molecule has 0 unspecified atom stereocenters. The fourth-order valence-electron chi connectivity index (χ4n) is 3.14. The Morgan fingerprint density at radius 3 is 2.57 bits per heavy atom. The highest BCUT2D eigenvalue weighted by Gasteiger charge is 2.34. The zero-order valence-corrected chi connectivity index (χ0v) is 12.7. The first-order chi connectivity index (χ1) is 10.1. The Labute approximate surface area is 124 Å². The van der Waals surface area contributed by atoms with Gasteiger partial charge in [0, 0.05) is 17.7 Å². The molecule has 1 amide bonds. The van der Waals surface area contributed by atoms with Crippen molar-refractivity contribution in [1.82, 2.24) is 10.1 Å². The highest BCUT2D eigenvalue weighted by molar-refractivity contribution is 5.94. The van der Waals surface area contributed by atoms with E-state index in [4.69, 9.17) is 4.52 Å². The quantitative estimate of drug-likeness (QED) is 0.846. The molecule has 1 aliphatic heterocycles. The van der Waals surface area contributed by atoms with E-state index in [9.17, 15) is 4.79 Å². The van der Waals surface area contributed by atoms with Crippen LogP contribution in [0.2, 0.25) is 0 Å². The van der Waals surface area contributed by atoms with E-state index >= 15 is 0 Å². The van der Waals surface area contributed by atoms with Crippen LogP contribution in [0.4, 0.5) is 0 Å². The van der Waals surface area contributed by atoms with Crippen LogP contribution in [-0.4, -0.2) is 22.5 Å². The Balaban J connectivity index is 1.90. The zero-order valence-electron chi connectivity index (χ0n) is 12.7. The summed E-state index contributed by atoms with van der Waals surface area (Å²) in [4.78, 5) is 14.7. The fourth-order valence-corrected chi connectivity index (χ4v) is 3.14. The zero-order chi connectivity index (χ0) is 15.0. The van der Waals surface area contributed by atoms with Gasteiger partial charge in [0.1, 0.15) is 5.76 Å². The predicted octanol–water partition coefficient (Wildman–Crippen LogP) is 3.58. The van der Waals surface area contributed by atoms with E-state index in [0.29, 0.717) is 0 Å². The lowest BCUT2D eigenvalue weighted by atomic mass is 10.0. The first-order valence-corrected chi connectivity index (χ1v) is 7.38. The molecule has 1 aromatic carbocycles. The molecule has 110 valence electrons. The number of amides is 1. The Hall–Kier alpha value is -2.10. The van der Waals surface area contributed by atoms with Crippen molar-refractivity contribution in [3.8, 4) is 0 Å². The molecule has 0 aliphatic carbocycles. The number of nitrogens with zero attached hydrogens (tertiary/aromatic N) is 2. The van der Waals surface area contributed by atoms with Crippen molar-refractivity contribution in [2.24, 2.45) is 0 Å². The van der Waals surface area contributed by atoms with E-state index in [0.717, 1.165) is 47.5 Å². The molecule has 1 atom stereocenters. The van der Waals surface area contributed by atoms with Crippen LogP contribution in [0, 0.1) is 20.8 Å². The Bertz CT molecular complexity index is 638. The molecular formula is C17H20N2O2. The van der Waals surface area contributed by atoms with E-state index in [2.05, 4.69) is 5.16 Å². The number of benzene rings is 1. The van der Waals surface area contributed by atoms with Gasteiger partial charge < -0.3 is 9.42 Å². The summed E-state index contributed by atoms with van der Waals surface area (Å²) in [6.45, 7) is 6.68. The Kier molecular flexibility index (Phi) is 3.53. The normalized spacial score (nSPS) is 18.2. The first-order valence-electron chi connectivity index (χ1n) is 7.38. The highest BCUT2D eigenvalue weighted by Crippen LogP contribution is 2.36. The number of likely N-dealkylation sites (tertiary alicyclic amines) is 1. The van der Waals surface area contributed by atoms with Gasteiger partial charge in [-0.1, -0.05) is 22.9 Å². The van der Waals surface area contributed by atoms with Crippen molar-refractivity contribution in [3.63, 3.8) is 0 Å². The lowest BCUT2D eigenvalue weighted by Crippen LogP contribution is -2.31. The molecule has 1 saturated heterocycles. The van der Waals surface area contributed by atoms with Crippen LogP contribution in [0.1, 0.15) is 51.8 Å². The molecule has 0 spiro atoms. The van der Waals surface area contributed by atoms with E-state index in [1.165, 1.54) is 0 Å². The van der Waals surface area contributed by atoms with Gasteiger partial charge in [0.15, 0.2) is 0 Å². The van der Waals surface area contributed by atoms with Crippen molar-refractivity contribution >= 4 is 5.91 Å². The maximum Gasteiger partial charge on any atom is 0.254 e. The summed E-state index contributed by atoms with van der Waals surface area (Å²) >= 11 is 0. The topological polar surface area (TPSA) is 46.3 Å². The van der Waals surface area contributed by atoms with Crippen molar-refractivity contribution in [1.29, 1.82) is 0 Å². The summed E-state index contributed by atoms with van der Waals surface area (Å²) in [6.07, 6.45) is 1.99. The molecule has 21 heavy (non-hydrogen) atoms. The van der Waals surface area contributed by atoms with Crippen LogP contribution in [-0.2, 0) is 0 Å². The molecule has 2 heterocycles. The number of rotatable bonds is 2. The molecule has 3 rings (SSSR count). The summed E-state index contributed by atoms with van der Waals surface area (Å²) in [5.41, 5.74) is 3.88. The second-order valence-corrected chi connectivity index (χ2v) is 5.76. The van der Waals surface area contributed by atoms with Crippen molar-refractivity contribution in [2.45, 2.75) is 39.7 Å². The number of carbonyl (C=O) groups is 1. The molecule has 4 nitrogen and oxygen atoms in total. The van der Waals surface area contributed by atoms with E-state index in [1.807, 2.05) is 49.9 Å². The van der Waals surface area contributed by atoms with Gasteiger partial charge in [-0.25, -0.2) is 0 Å². The Morgan fingerprint density at radius 2 is 1.95 bits per heavy atom. The smallest absolute Gasteiger partial charge is 0.254 e. The molecule has 1 fully saturated rings. The maximum absolute atomic E-state index is 12.8. The lowest BCUT2D eigenvalue weighted by molar-refractivity contribution is 0.0734. The summed E-state index contributed by atoms with van der Waals surface area (Å²) in [7, 11) is 0. The highest BCUT2D eigenvalue weighted by atomic mass is 16.5. The van der Waals surface area contributed by atoms with Crippen LogP contribution in [0.25, 0.3) is 0 Å². The largest absolute Gasteiger partial charge is 0.361 e. The molecule has 0 bridgehead atoms. The number of hydrogen-bond donors (Lipinski definition) is 0. The summed E-state index contributed by atoms with van der Waals surface area (Å²) < 4.78 is 5.27. The number of hydrogen-bond acceptors (Lipinski definition) is 3. The fraction of sp³-hybridized carbons (Fsp3) is 0.412. The molecule has 0 saturated carbocycles. The summed E-state index contributed by atoms with van der Waals surface area (Å²) in [5.74, 6) is 0.915. The second-order valence-electron chi connectivity index (χ2n) is 5.76. The minimum atomic E-state index is 0.0880. The number of aryl methyl sites for hydroxylation is 3. The molecular weight excluding hydrogens is 264 g/mol. The Morgan fingerprint density at radius 1 is 1.24 bits per heavy atom. The van der Waals surface area contributed by atoms with Crippen molar-refractivity contribution < 1.29 is 9.32 Å². The van der Waals surface area contributed by atoms with Crippen LogP contribution in [0.5, 0.6) is 0 Å². The SMILES string of the molecule is Cc1ccc(C(=O)N2CCC[C@@H]2c2c(C)noc2C)cc1. The van der Waals surface area contributed by atoms with Crippen LogP contribution in [0.3, 0.4) is 0 Å². The van der Waals surface area contributed by atoms with Crippen molar-refractivity contribution in [2.75, 3.05) is 6.54 Å². The maximum atomic E-state index is 12.8. The molecule has 0 N–H and O–H groups in total. The average Bonchev–Trinajstić information content (AvgIpc) is 3.06. The van der Waals surface area contributed by atoms with Gasteiger partial charge in [0.05, 0.1) is 11.7 Å². The van der Waals surface area contributed by atoms with Gasteiger partial charge in [-0.05, 0) is 45.7 Å². The third-order valence-corrected chi connectivity index (χ3v) is 4.23. The predicted molar refractivity (Wildman–Crippen MR) is 80.2 cm³/mol. The van der Waals surface area contributed by atoms with Crippen LogP contribution >= 0.6 is 0 Å². The summed E-state index contributed by atoms with van der Waals surface area (Å²) in [6, 6.07) is 7.86. The third kappa shape index (κ3) is 2.46. The number of aromatic nitrogens is 1. The minimum Gasteiger partial charge on any atom is -0.361 e. The minimum absolute atomic E-state index is 0.0880. The molecule has 1 aromatic heterocycles. The lowest BCUT2D eigenvalue weighted by Gasteiger charge is -2.25. The molecule has 0 radical (unpaired) electrons. The second kappa shape index (κ2) is 5.35. The van der Waals surface area contributed by atoms with Crippen molar-refractivity contribution in [3.05, 3.63) is 52.4 Å². The average molecular weight is 284 g/mol. The molecule has 2 aromatic rings. The van der Waals surface area contributed by atoms with E-state index < -0.39 is 0 Å².